The van der Waals surface area contributed by atoms with Gasteiger partial charge in [-0.2, -0.15) is 13.2 Å². The van der Waals surface area contributed by atoms with E-state index in [1.165, 1.54) is 47.8 Å². The van der Waals surface area contributed by atoms with Crippen LogP contribution in [0, 0.1) is 5.82 Å². The monoisotopic (exact) mass is 482 g/mol. The maximum absolute atomic E-state index is 13.6. The minimum atomic E-state index is -4.68. The molecule has 0 radical (unpaired) electrons. The SMILES string of the molecule is O=C1/C(=C/Nc2ccccc2C(F)(F)F)S(=O)(=O)N(Cc2cccc(F)c2)c2ccsc21. The summed E-state index contributed by atoms with van der Waals surface area (Å²) >= 11 is 1.01. The zero-order valence-corrected chi connectivity index (χ0v) is 17.7. The van der Waals surface area contributed by atoms with E-state index in [9.17, 15) is 30.8 Å². The van der Waals surface area contributed by atoms with Crippen molar-refractivity contribution in [2.24, 2.45) is 0 Å². The third kappa shape index (κ3) is 4.00. The summed E-state index contributed by atoms with van der Waals surface area (Å²) in [6, 6.07) is 11.3. The second-order valence-electron chi connectivity index (χ2n) is 6.80. The third-order valence-electron chi connectivity index (χ3n) is 4.72. The van der Waals surface area contributed by atoms with Crippen LogP contribution in [-0.2, 0) is 22.7 Å². The minimum absolute atomic E-state index is 0.119. The Morgan fingerprint density at radius 3 is 2.53 bits per heavy atom. The van der Waals surface area contributed by atoms with Gasteiger partial charge in [0.2, 0.25) is 5.78 Å². The van der Waals surface area contributed by atoms with E-state index in [2.05, 4.69) is 5.32 Å². The van der Waals surface area contributed by atoms with E-state index in [1.807, 2.05) is 0 Å². The molecular weight excluding hydrogens is 468 g/mol. The summed E-state index contributed by atoms with van der Waals surface area (Å²) in [6.07, 6.45) is -3.91. The molecule has 2 aromatic carbocycles. The van der Waals surface area contributed by atoms with E-state index in [0.29, 0.717) is 5.56 Å². The van der Waals surface area contributed by atoms with Gasteiger partial charge < -0.3 is 5.32 Å². The highest BCUT2D eigenvalue weighted by atomic mass is 32.2. The van der Waals surface area contributed by atoms with Crippen molar-refractivity contribution < 1.29 is 30.8 Å². The van der Waals surface area contributed by atoms with Crippen LogP contribution in [0.15, 0.2) is 71.1 Å². The molecule has 11 heteroatoms. The van der Waals surface area contributed by atoms with Crippen molar-refractivity contribution in [3.63, 3.8) is 0 Å². The Hall–Kier alpha value is -3.18. The number of para-hydroxylation sites is 1. The molecule has 5 nitrogen and oxygen atoms in total. The number of hydrogen-bond acceptors (Lipinski definition) is 5. The van der Waals surface area contributed by atoms with Crippen LogP contribution in [0.1, 0.15) is 20.8 Å². The number of sulfonamides is 1. The molecule has 0 fully saturated rings. The van der Waals surface area contributed by atoms with Gasteiger partial charge in [-0.25, -0.2) is 12.8 Å². The van der Waals surface area contributed by atoms with Gasteiger partial charge in [0, 0.05) is 6.20 Å². The number of thiophene rings is 1. The molecule has 0 amide bonds. The highest BCUT2D eigenvalue weighted by molar-refractivity contribution is 7.97. The molecule has 0 saturated heterocycles. The van der Waals surface area contributed by atoms with Gasteiger partial charge in [0.05, 0.1) is 23.5 Å². The number of rotatable bonds is 4. The molecule has 0 saturated carbocycles. The first kappa shape index (κ1) is 22.0. The Labute approximate surface area is 184 Å². The second-order valence-corrected chi connectivity index (χ2v) is 9.55. The van der Waals surface area contributed by atoms with Crippen molar-refractivity contribution in [1.82, 2.24) is 0 Å². The third-order valence-corrected chi connectivity index (χ3v) is 7.39. The molecule has 0 bridgehead atoms. The molecule has 1 aliphatic rings. The first-order valence-electron chi connectivity index (χ1n) is 9.11. The largest absolute Gasteiger partial charge is 0.418 e. The molecule has 1 aromatic heterocycles. The summed E-state index contributed by atoms with van der Waals surface area (Å²) < 4.78 is 80.8. The lowest BCUT2D eigenvalue weighted by atomic mass is 10.1. The number of allylic oxidation sites excluding steroid dienone is 1. The highest BCUT2D eigenvalue weighted by Crippen LogP contribution is 2.40. The number of hydrogen-bond donors (Lipinski definition) is 1. The van der Waals surface area contributed by atoms with Crippen molar-refractivity contribution >= 4 is 38.5 Å². The molecule has 1 N–H and O–H groups in total. The molecule has 1 aliphatic heterocycles. The van der Waals surface area contributed by atoms with E-state index < -0.39 is 44.0 Å². The summed E-state index contributed by atoms with van der Waals surface area (Å²) in [4.78, 5) is 12.3. The smallest absolute Gasteiger partial charge is 0.360 e. The Morgan fingerprint density at radius 2 is 1.81 bits per heavy atom. The van der Waals surface area contributed by atoms with Crippen molar-refractivity contribution in [1.29, 1.82) is 0 Å². The summed E-state index contributed by atoms with van der Waals surface area (Å²) in [5.41, 5.74) is -0.929. The number of anilines is 2. The average Bonchev–Trinajstić information content (AvgIpc) is 3.20. The summed E-state index contributed by atoms with van der Waals surface area (Å²) in [6.45, 7) is -0.256. The fraction of sp³-hybridized carbons (Fsp3) is 0.0952. The van der Waals surface area contributed by atoms with E-state index >= 15 is 0 Å². The number of nitrogens with zero attached hydrogens (tertiary/aromatic N) is 1. The summed E-state index contributed by atoms with van der Waals surface area (Å²) in [7, 11) is -4.44. The maximum atomic E-state index is 13.6. The molecule has 3 aromatic rings. The number of ketones is 1. The number of carbonyl (C=O) groups excluding carboxylic acids is 1. The van der Waals surface area contributed by atoms with Crippen LogP contribution in [0.2, 0.25) is 0 Å². The Morgan fingerprint density at radius 1 is 1.06 bits per heavy atom. The first-order valence-corrected chi connectivity index (χ1v) is 11.4. The van der Waals surface area contributed by atoms with Gasteiger partial charge in [-0.05, 0) is 41.3 Å². The highest BCUT2D eigenvalue weighted by Gasteiger charge is 2.41. The van der Waals surface area contributed by atoms with Gasteiger partial charge >= 0.3 is 6.18 Å². The topological polar surface area (TPSA) is 66.5 Å². The second kappa shape index (κ2) is 8.06. The van der Waals surface area contributed by atoms with Crippen LogP contribution in [0.25, 0.3) is 0 Å². The van der Waals surface area contributed by atoms with E-state index in [0.717, 1.165) is 34.0 Å². The quantitative estimate of drug-likeness (QED) is 0.400. The van der Waals surface area contributed by atoms with E-state index in [-0.39, 0.29) is 17.1 Å². The molecule has 32 heavy (non-hydrogen) atoms. The predicted molar refractivity (Wildman–Crippen MR) is 113 cm³/mol. The predicted octanol–water partition coefficient (Wildman–Crippen LogP) is 5.39. The van der Waals surface area contributed by atoms with Gasteiger partial charge in [-0.1, -0.05) is 24.3 Å². The Balaban J connectivity index is 1.76. The molecule has 4 rings (SSSR count). The lowest BCUT2D eigenvalue weighted by molar-refractivity contribution is -0.136. The van der Waals surface area contributed by atoms with Gasteiger partial charge in [0.25, 0.3) is 10.0 Å². The van der Waals surface area contributed by atoms with Gasteiger partial charge in [0.15, 0.2) is 4.91 Å². The van der Waals surface area contributed by atoms with Crippen LogP contribution >= 0.6 is 11.3 Å². The molecular formula is C21H14F4N2O3S2. The summed E-state index contributed by atoms with van der Waals surface area (Å²) in [5, 5.41) is 3.86. The standard InChI is InChI=1S/C21H14F4N2O3S2/c22-14-5-3-4-13(10-14)12-27-17-8-9-31-20(17)19(28)18(32(27,29)30)11-26-16-7-2-1-6-15(16)21(23,24)25/h1-11,26H,12H2/b18-11-. The number of Topliss-reactive ketones (excluding diaryl/α,β-unsaturated/α-hetero) is 1. The lowest BCUT2D eigenvalue weighted by Gasteiger charge is -2.29. The van der Waals surface area contributed by atoms with Crippen molar-refractivity contribution in [3.05, 3.63) is 92.9 Å². The number of carbonyl (C=O) groups is 1. The van der Waals surface area contributed by atoms with Crippen molar-refractivity contribution in [2.75, 3.05) is 9.62 Å². The molecule has 0 unspecified atom stereocenters. The fourth-order valence-electron chi connectivity index (χ4n) is 3.26. The number of alkyl halides is 3. The molecule has 0 spiro atoms. The molecule has 2 heterocycles. The zero-order chi connectivity index (χ0) is 23.1. The zero-order valence-electron chi connectivity index (χ0n) is 16.1. The summed E-state index contributed by atoms with van der Waals surface area (Å²) in [5.74, 6) is -1.39. The van der Waals surface area contributed by atoms with Crippen LogP contribution in [0.3, 0.4) is 0 Å². The van der Waals surface area contributed by atoms with E-state index in [4.69, 9.17) is 0 Å². The van der Waals surface area contributed by atoms with E-state index in [1.54, 1.807) is 0 Å². The van der Waals surface area contributed by atoms with Crippen LogP contribution in [0.4, 0.5) is 28.9 Å². The number of nitrogens with one attached hydrogen (secondary N) is 1. The normalized spacial score (nSPS) is 16.8. The maximum Gasteiger partial charge on any atom is 0.418 e. The number of benzene rings is 2. The Kier molecular flexibility index (Phi) is 5.55. The Bertz CT molecular complexity index is 1330. The number of fused-ring (bicyclic) bond motifs is 1. The lowest BCUT2D eigenvalue weighted by Crippen LogP contribution is -2.38. The van der Waals surface area contributed by atoms with Crippen molar-refractivity contribution in [2.45, 2.75) is 12.7 Å². The molecule has 166 valence electrons. The molecule has 0 aliphatic carbocycles. The number of halogens is 4. The van der Waals surface area contributed by atoms with Crippen LogP contribution in [0.5, 0.6) is 0 Å². The minimum Gasteiger partial charge on any atom is -0.360 e. The van der Waals surface area contributed by atoms with Gasteiger partial charge in [-0.3, -0.25) is 9.10 Å². The van der Waals surface area contributed by atoms with Crippen molar-refractivity contribution in [3.8, 4) is 0 Å². The van der Waals surface area contributed by atoms with Gasteiger partial charge in [0.1, 0.15) is 10.7 Å². The fourth-order valence-corrected chi connectivity index (χ4v) is 5.74. The van der Waals surface area contributed by atoms with Gasteiger partial charge in [-0.15, -0.1) is 11.3 Å². The molecule has 0 atom stereocenters. The van der Waals surface area contributed by atoms with Crippen LogP contribution < -0.4 is 9.62 Å². The first-order chi connectivity index (χ1) is 15.1. The average molecular weight is 482 g/mol. The van der Waals surface area contributed by atoms with Crippen LogP contribution in [-0.4, -0.2) is 14.2 Å².